The molecule has 0 aromatic carbocycles. The maximum Gasteiger partial charge on any atom is 0.316 e. The summed E-state index contributed by atoms with van der Waals surface area (Å²) in [5, 5.41) is 0. The van der Waals surface area contributed by atoms with E-state index in [4.69, 9.17) is 9.47 Å². The Kier molecular flexibility index (Phi) is 2.35. The van der Waals surface area contributed by atoms with Crippen LogP contribution in [0, 0.1) is 35.5 Å². The summed E-state index contributed by atoms with van der Waals surface area (Å²) in [7, 11) is 0. The Morgan fingerprint density at radius 2 is 0.800 bits per heavy atom. The second-order valence-corrected chi connectivity index (χ2v) is 6.22. The molecular formula is C14H14O6. The van der Waals surface area contributed by atoms with Crippen LogP contribution in [-0.4, -0.2) is 23.9 Å². The monoisotopic (exact) mass is 278 g/mol. The second kappa shape index (κ2) is 3.90. The van der Waals surface area contributed by atoms with E-state index in [1.54, 1.807) is 0 Å². The molecule has 4 rings (SSSR count). The first kappa shape index (κ1) is 12.1. The van der Waals surface area contributed by atoms with Gasteiger partial charge in [-0.1, -0.05) is 0 Å². The van der Waals surface area contributed by atoms with Crippen molar-refractivity contribution in [2.24, 2.45) is 35.5 Å². The Hall–Kier alpha value is -1.72. The number of rotatable bonds is 0. The first-order chi connectivity index (χ1) is 9.58. The molecule has 3 unspecified atom stereocenters. The van der Waals surface area contributed by atoms with E-state index in [1.807, 2.05) is 0 Å². The van der Waals surface area contributed by atoms with E-state index in [0.29, 0.717) is 25.7 Å². The molecule has 0 radical (unpaired) electrons. The summed E-state index contributed by atoms with van der Waals surface area (Å²) in [5.74, 6) is -3.77. The summed E-state index contributed by atoms with van der Waals surface area (Å²) >= 11 is 0. The Balaban J connectivity index is 1.79. The highest BCUT2D eigenvalue weighted by atomic mass is 16.6. The fourth-order valence-electron chi connectivity index (χ4n) is 4.72. The molecule has 0 amide bonds. The molecule has 6 atom stereocenters. The Bertz CT molecular complexity index is 446. The fraction of sp³-hybridized carbons (Fsp3) is 0.714. The van der Waals surface area contributed by atoms with Crippen molar-refractivity contribution in [1.82, 2.24) is 0 Å². The van der Waals surface area contributed by atoms with Gasteiger partial charge < -0.3 is 9.47 Å². The average Bonchev–Trinajstić information content (AvgIpc) is 2.42. The minimum Gasteiger partial charge on any atom is -0.393 e. The molecular weight excluding hydrogens is 264 g/mol. The SMILES string of the molecule is O=C1OC(=O)[C@H]2CC[C@H]3C(=O)OC(=O)[C@H]4CCC1C2C43. The highest BCUT2D eigenvalue weighted by Crippen LogP contribution is 2.56. The smallest absolute Gasteiger partial charge is 0.316 e. The number of ether oxygens (including phenoxy) is 2. The standard InChI is InChI=1S/C14H14O6/c15-11-5-1-2-6-10-8(14(18)20-12(6)16)4-3-7(9(5)10)13(17)19-11/h5-10H,1-4H2/t5-,6+,7+,8?,9?,10?/m1/s1. The van der Waals surface area contributed by atoms with Crippen molar-refractivity contribution in [2.75, 3.05) is 0 Å². The summed E-state index contributed by atoms with van der Waals surface area (Å²) in [6, 6.07) is 0. The van der Waals surface area contributed by atoms with Crippen molar-refractivity contribution in [1.29, 1.82) is 0 Å². The van der Waals surface area contributed by atoms with E-state index < -0.39 is 23.9 Å². The molecule has 0 aromatic rings. The Labute approximate surface area is 114 Å². The molecule has 0 spiro atoms. The van der Waals surface area contributed by atoms with Gasteiger partial charge in [-0.15, -0.1) is 0 Å². The van der Waals surface area contributed by atoms with Crippen molar-refractivity contribution in [3.8, 4) is 0 Å². The molecule has 2 aliphatic heterocycles. The highest BCUT2D eigenvalue weighted by molar-refractivity contribution is 5.95. The lowest BCUT2D eigenvalue weighted by atomic mass is 9.52. The lowest BCUT2D eigenvalue weighted by Crippen LogP contribution is -2.59. The zero-order valence-corrected chi connectivity index (χ0v) is 10.7. The molecule has 4 fully saturated rings. The van der Waals surface area contributed by atoms with Gasteiger partial charge in [0.2, 0.25) is 0 Å². The van der Waals surface area contributed by atoms with Gasteiger partial charge in [0.05, 0.1) is 23.7 Å². The van der Waals surface area contributed by atoms with Gasteiger partial charge in [0.1, 0.15) is 0 Å². The predicted octanol–water partition coefficient (Wildman–Crippen LogP) is 0.438. The van der Waals surface area contributed by atoms with E-state index in [9.17, 15) is 19.2 Å². The van der Waals surface area contributed by atoms with Crippen LogP contribution in [-0.2, 0) is 28.7 Å². The van der Waals surface area contributed by atoms with Gasteiger partial charge in [-0.3, -0.25) is 19.2 Å². The van der Waals surface area contributed by atoms with E-state index in [0.717, 1.165) is 0 Å². The van der Waals surface area contributed by atoms with Crippen molar-refractivity contribution >= 4 is 23.9 Å². The van der Waals surface area contributed by atoms with E-state index >= 15 is 0 Å². The minimum absolute atomic E-state index is 0.224. The van der Waals surface area contributed by atoms with Crippen LogP contribution in [0.3, 0.4) is 0 Å². The maximum atomic E-state index is 11.9. The normalized spacial score (nSPS) is 46.4. The van der Waals surface area contributed by atoms with Gasteiger partial charge in [-0.2, -0.15) is 0 Å². The third-order valence-corrected chi connectivity index (χ3v) is 5.49. The fourth-order valence-corrected chi connectivity index (χ4v) is 4.72. The highest BCUT2D eigenvalue weighted by Gasteiger charge is 2.62. The molecule has 0 bridgehead atoms. The third-order valence-electron chi connectivity index (χ3n) is 5.49. The average molecular weight is 278 g/mol. The van der Waals surface area contributed by atoms with Crippen LogP contribution in [0.2, 0.25) is 0 Å². The van der Waals surface area contributed by atoms with Gasteiger partial charge in [0.25, 0.3) is 0 Å². The number of carbonyl (C=O) groups is 4. The van der Waals surface area contributed by atoms with E-state index in [2.05, 4.69) is 0 Å². The largest absolute Gasteiger partial charge is 0.393 e. The lowest BCUT2D eigenvalue weighted by Gasteiger charge is -2.52. The van der Waals surface area contributed by atoms with Crippen LogP contribution < -0.4 is 0 Å². The van der Waals surface area contributed by atoms with Crippen LogP contribution in [0.4, 0.5) is 0 Å². The zero-order valence-electron chi connectivity index (χ0n) is 10.7. The maximum absolute atomic E-state index is 11.9. The van der Waals surface area contributed by atoms with Gasteiger partial charge in [-0.25, -0.2) is 0 Å². The molecule has 20 heavy (non-hydrogen) atoms. The molecule has 2 saturated heterocycles. The molecule has 2 aliphatic carbocycles. The Morgan fingerprint density at radius 3 is 1.05 bits per heavy atom. The molecule has 6 heteroatoms. The molecule has 0 N–H and O–H groups in total. The predicted molar refractivity (Wildman–Crippen MR) is 61.6 cm³/mol. The summed E-state index contributed by atoms with van der Waals surface area (Å²) in [5.41, 5.74) is 0. The summed E-state index contributed by atoms with van der Waals surface area (Å²) < 4.78 is 9.68. The quantitative estimate of drug-likeness (QED) is 0.472. The van der Waals surface area contributed by atoms with Gasteiger partial charge in [0.15, 0.2) is 0 Å². The van der Waals surface area contributed by atoms with Crippen LogP contribution in [0.25, 0.3) is 0 Å². The van der Waals surface area contributed by atoms with Gasteiger partial charge in [-0.05, 0) is 37.5 Å². The van der Waals surface area contributed by atoms with Crippen molar-refractivity contribution < 1.29 is 28.7 Å². The molecule has 0 aromatic heterocycles. The number of esters is 4. The molecule has 2 saturated carbocycles. The number of hydrogen-bond donors (Lipinski definition) is 0. The Morgan fingerprint density at radius 1 is 0.550 bits per heavy atom. The zero-order chi connectivity index (χ0) is 14.0. The van der Waals surface area contributed by atoms with E-state index in [1.165, 1.54) is 0 Å². The second-order valence-electron chi connectivity index (χ2n) is 6.22. The third kappa shape index (κ3) is 1.39. The van der Waals surface area contributed by atoms with Crippen molar-refractivity contribution in [2.45, 2.75) is 25.7 Å². The first-order valence-electron chi connectivity index (χ1n) is 7.09. The molecule has 6 nitrogen and oxygen atoms in total. The number of carbonyl (C=O) groups excluding carboxylic acids is 4. The lowest BCUT2D eigenvalue weighted by molar-refractivity contribution is -0.204. The van der Waals surface area contributed by atoms with Crippen LogP contribution >= 0.6 is 0 Å². The summed E-state index contributed by atoms with van der Waals surface area (Å²) in [4.78, 5) is 47.6. The summed E-state index contributed by atoms with van der Waals surface area (Å²) in [6.07, 6.45) is 2.13. The topological polar surface area (TPSA) is 86.7 Å². The van der Waals surface area contributed by atoms with Crippen LogP contribution in [0.15, 0.2) is 0 Å². The minimum atomic E-state index is -0.485. The first-order valence-corrected chi connectivity index (χ1v) is 7.09. The number of hydrogen-bond acceptors (Lipinski definition) is 6. The van der Waals surface area contributed by atoms with Crippen molar-refractivity contribution in [3.05, 3.63) is 0 Å². The van der Waals surface area contributed by atoms with Crippen molar-refractivity contribution in [3.63, 3.8) is 0 Å². The van der Waals surface area contributed by atoms with Crippen LogP contribution in [0.1, 0.15) is 25.7 Å². The number of cyclic esters (lactones) is 4. The molecule has 2 heterocycles. The van der Waals surface area contributed by atoms with Gasteiger partial charge in [0, 0.05) is 0 Å². The molecule has 4 aliphatic rings. The molecule has 106 valence electrons. The summed E-state index contributed by atoms with van der Waals surface area (Å²) in [6.45, 7) is 0. The van der Waals surface area contributed by atoms with Gasteiger partial charge >= 0.3 is 23.9 Å². The van der Waals surface area contributed by atoms with Crippen LogP contribution in [0.5, 0.6) is 0 Å². The van der Waals surface area contributed by atoms with E-state index in [-0.39, 0.29) is 35.5 Å².